The second kappa shape index (κ2) is 7.11. The van der Waals surface area contributed by atoms with E-state index in [2.05, 4.69) is 9.46 Å². The minimum Gasteiger partial charge on any atom is -0.495 e. The maximum absolute atomic E-state index is 12.5. The Morgan fingerprint density at radius 2 is 1.88 bits per heavy atom. The highest BCUT2D eigenvalue weighted by Gasteiger charge is 2.19. The fourth-order valence-corrected chi connectivity index (χ4v) is 3.57. The molecule has 0 aliphatic carbocycles. The van der Waals surface area contributed by atoms with Gasteiger partial charge in [0.15, 0.2) is 0 Å². The van der Waals surface area contributed by atoms with Crippen LogP contribution >= 0.6 is 11.6 Å². The molecule has 0 atom stereocenters. The third-order valence-electron chi connectivity index (χ3n) is 3.42. The molecule has 2 aromatic rings. The summed E-state index contributed by atoms with van der Waals surface area (Å²) in [6, 6.07) is 8.83. The maximum Gasteiger partial charge on any atom is 0.338 e. The van der Waals surface area contributed by atoms with Crippen LogP contribution in [0.4, 0.5) is 5.69 Å². The molecule has 0 aromatic heterocycles. The molecular weight excluding hydrogens is 354 g/mol. The molecule has 0 fully saturated rings. The summed E-state index contributed by atoms with van der Waals surface area (Å²) in [5.74, 6) is -0.166. The lowest BCUT2D eigenvalue weighted by atomic mass is 10.1. The molecule has 2 rings (SSSR count). The van der Waals surface area contributed by atoms with Crippen LogP contribution in [-0.4, -0.2) is 28.6 Å². The summed E-state index contributed by atoms with van der Waals surface area (Å²) in [7, 11) is -1.17. The molecule has 0 saturated carbocycles. The van der Waals surface area contributed by atoms with Gasteiger partial charge >= 0.3 is 5.97 Å². The van der Waals surface area contributed by atoms with Crippen molar-refractivity contribution in [3.05, 3.63) is 52.5 Å². The van der Waals surface area contributed by atoms with Gasteiger partial charge in [-0.1, -0.05) is 17.7 Å². The van der Waals surface area contributed by atoms with E-state index in [1.807, 2.05) is 0 Å². The number of anilines is 1. The van der Waals surface area contributed by atoms with Crippen molar-refractivity contribution in [1.82, 2.24) is 0 Å². The SMILES string of the molecule is COC(=O)c1cccc(NS(=O)(=O)c2ccc(OC)c(Cl)c2)c1C. The summed E-state index contributed by atoms with van der Waals surface area (Å²) in [6.45, 7) is 1.63. The van der Waals surface area contributed by atoms with Gasteiger partial charge in [-0.25, -0.2) is 13.2 Å². The van der Waals surface area contributed by atoms with E-state index < -0.39 is 16.0 Å². The summed E-state index contributed by atoms with van der Waals surface area (Å²) in [4.78, 5) is 11.7. The lowest BCUT2D eigenvalue weighted by Crippen LogP contribution is -2.15. The summed E-state index contributed by atoms with van der Waals surface area (Å²) in [5, 5.41) is 0.181. The molecule has 1 N–H and O–H groups in total. The Hall–Kier alpha value is -2.25. The molecule has 2 aromatic carbocycles. The third-order valence-corrected chi connectivity index (χ3v) is 5.08. The topological polar surface area (TPSA) is 81.7 Å². The zero-order chi connectivity index (χ0) is 17.9. The van der Waals surface area contributed by atoms with Crippen LogP contribution in [0.25, 0.3) is 0 Å². The van der Waals surface area contributed by atoms with Gasteiger partial charge in [0.05, 0.1) is 35.4 Å². The standard InChI is InChI=1S/C16H16ClNO5S/c1-10-12(16(19)23-3)5-4-6-14(10)18-24(20,21)11-7-8-15(22-2)13(17)9-11/h4-9,18H,1-3H3. The van der Waals surface area contributed by atoms with E-state index in [1.54, 1.807) is 25.1 Å². The quantitative estimate of drug-likeness (QED) is 0.818. The van der Waals surface area contributed by atoms with Gasteiger partial charge in [0.1, 0.15) is 5.75 Å². The molecule has 0 spiro atoms. The van der Waals surface area contributed by atoms with Crippen LogP contribution in [-0.2, 0) is 14.8 Å². The normalized spacial score (nSPS) is 11.0. The summed E-state index contributed by atoms with van der Waals surface area (Å²) >= 11 is 5.98. The number of hydrogen-bond donors (Lipinski definition) is 1. The van der Waals surface area contributed by atoms with Crippen molar-refractivity contribution >= 4 is 33.3 Å². The summed E-state index contributed by atoms with van der Waals surface area (Å²) < 4.78 is 37.2. The smallest absolute Gasteiger partial charge is 0.338 e. The molecule has 0 heterocycles. The molecule has 8 heteroatoms. The monoisotopic (exact) mass is 369 g/mol. The predicted octanol–water partition coefficient (Wildman–Crippen LogP) is 3.24. The van der Waals surface area contributed by atoms with Crippen LogP contribution in [0, 0.1) is 6.92 Å². The average molecular weight is 370 g/mol. The van der Waals surface area contributed by atoms with Crippen molar-refractivity contribution in [2.24, 2.45) is 0 Å². The maximum atomic E-state index is 12.5. The summed E-state index contributed by atoms with van der Waals surface area (Å²) in [5.41, 5.74) is 1.03. The molecule has 24 heavy (non-hydrogen) atoms. The largest absolute Gasteiger partial charge is 0.495 e. The molecule has 0 radical (unpaired) electrons. The number of methoxy groups -OCH3 is 2. The first-order valence-corrected chi connectivity index (χ1v) is 8.70. The Bertz CT molecular complexity index is 880. The lowest BCUT2D eigenvalue weighted by Gasteiger charge is -2.13. The number of rotatable bonds is 5. The van der Waals surface area contributed by atoms with E-state index in [0.717, 1.165) is 0 Å². The van der Waals surface area contributed by atoms with Gasteiger partial charge in [-0.05, 0) is 42.8 Å². The van der Waals surface area contributed by atoms with Gasteiger partial charge < -0.3 is 9.47 Å². The fourth-order valence-electron chi connectivity index (χ4n) is 2.10. The molecule has 0 aliphatic rings. The van der Waals surface area contributed by atoms with E-state index >= 15 is 0 Å². The van der Waals surface area contributed by atoms with Gasteiger partial charge in [0.25, 0.3) is 10.0 Å². The number of benzene rings is 2. The first-order chi connectivity index (χ1) is 11.3. The van der Waals surface area contributed by atoms with Gasteiger partial charge in [0, 0.05) is 0 Å². The number of ether oxygens (including phenoxy) is 2. The molecule has 0 unspecified atom stereocenters. The number of nitrogens with one attached hydrogen (secondary N) is 1. The Morgan fingerprint density at radius 1 is 1.17 bits per heavy atom. The van der Waals surface area contributed by atoms with E-state index in [4.69, 9.17) is 16.3 Å². The highest BCUT2D eigenvalue weighted by molar-refractivity contribution is 7.92. The van der Waals surface area contributed by atoms with Gasteiger partial charge in [-0.15, -0.1) is 0 Å². The fraction of sp³-hybridized carbons (Fsp3) is 0.188. The minimum atomic E-state index is -3.87. The molecular formula is C16H16ClNO5S. The number of halogens is 1. The lowest BCUT2D eigenvalue weighted by molar-refractivity contribution is 0.0600. The van der Waals surface area contributed by atoms with Crippen molar-refractivity contribution in [2.45, 2.75) is 11.8 Å². The molecule has 0 saturated heterocycles. The van der Waals surface area contributed by atoms with Crippen LogP contribution < -0.4 is 9.46 Å². The van der Waals surface area contributed by atoms with Crippen molar-refractivity contribution < 1.29 is 22.7 Å². The Labute approximate surface area is 145 Å². The van der Waals surface area contributed by atoms with E-state index in [9.17, 15) is 13.2 Å². The van der Waals surface area contributed by atoms with Crippen LogP contribution in [0.15, 0.2) is 41.3 Å². The number of esters is 1. The Balaban J connectivity index is 2.40. The molecule has 0 bridgehead atoms. The second-order valence-corrected chi connectivity index (χ2v) is 6.96. The van der Waals surface area contributed by atoms with Crippen molar-refractivity contribution in [1.29, 1.82) is 0 Å². The third kappa shape index (κ3) is 3.63. The molecule has 0 amide bonds. The molecule has 0 aliphatic heterocycles. The van der Waals surface area contributed by atoms with Crippen LogP contribution in [0.2, 0.25) is 5.02 Å². The van der Waals surface area contributed by atoms with Crippen LogP contribution in [0.3, 0.4) is 0 Å². The number of sulfonamides is 1. The summed E-state index contributed by atoms with van der Waals surface area (Å²) in [6.07, 6.45) is 0. The Kier molecular flexibility index (Phi) is 5.36. The van der Waals surface area contributed by atoms with Crippen LogP contribution in [0.1, 0.15) is 15.9 Å². The predicted molar refractivity (Wildman–Crippen MR) is 91.3 cm³/mol. The van der Waals surface area contributed by atoms with Crippen molar-refractivity contribution in [3.63, 3.8) is 0 Å². The van der Waals surface area contributed by atoms with E-state index in [1.165, 1.54) is 32.4 Å². The molecule has 6 nitrogen and oxygen atoms in total. The second-order valence-electron chi connectivity index (χ2n) is 4.87. The zero-order valence-electron chi connectivity index (χ0n) is 13.3. The van der Waals surface area contributed by atoms with Gasteiger partial charge in [-0.2, -0.15) is 0 Å². The highest BCUT2D eigenvalue weighted by Crippen LogP contribution is 2.29. The van der Waals surface area contributed by atoms with Crippen molar-refractivity contribution in [3.8, 4) is 5.75 Å². The number of carbonyl (C=O) groups is 1. The first-order valence-electron chi connectivity index (χ1n) is 6.84. The van der Waals surface area contributed by atoms with Gasteiger partial charge in [-0.3, -0.25) is 4.72 Å². The first kappa shape index (κ1) is 18.1. The Morgan fingerprint density at radius 3 is 2.46 bits per heavy atom. The zero-order valence-corrected chi connectivity index (χ0v) is 14.9. The van der Waals surface area contributed by atoms with E-state index in [0.29, 0.717) is 11.3 Å². The van der Waals surface area contributed by atoms with Crippen molar-refractivity contribution in [2.75, 3.05) is 18.9 Å². The number of hydrogen-bond acceptors (Lipinski definition) is 5. The van der Waals surface area contributed by atoms with Gasteiger partial charge in [0.2, 0.25) is 0 Å². The average Bonchev–Trinajstić information content (AvgIpc) is 2.55. The van der Waals surface area contributed by atoms with Crippen LogP contribution in [0.5, 0.6) is 5.75 Å². The van der Waals surface area contributed by atoms with E-state index in [-0.39, 0.29) is 21.2 Å². The highest BCUT2D eigenvalue weighted by atomic mass is 35.5. The number of carbonyl (C=O) groups excluding carboxylic acids is 1. The minimum absolute atomic E-state index is 0.0174. The molecule has 128 valence electrons.